The van der Waals surface area contributed by atoms with Gasteiger partial charge in [-0.3, -0.25) is 4.79 Å². The second kappa shape index (κ2) is 7.25. The number of benzene rings is 3. The molecular formula is C22H18N4O. The molecule has 0 saturated heterocycles. The van der Waals surface area contributed by atoms with E-state index in [9.17, 15) is 4.79 Å². The number of carbonyl (C=O) groups is 1. The normalized spacial score (nSPS) is 11.5. The molecule has 0 spiro atoms. The van der Waals surface area contributed by atoms with Gasteiger partial charge in [-0.25, -0.2) is 10.4 Å². The maximum Gasteiger partial charge on any atom is 0.271 e. The molecule has 0 aliphatic rings. The summed E-state index contributed by atoms with van der Waals surface area (Å²) in [5.41, 5.74) is 8.80. The first-order valence-electron chi connectivity index (χ1n) is 8.64. The zero-order valence-corrected chi connectivity index (χ0v) is 14.8. The molecule has 1 amide bonds. The Balaban J connectivity index is 1.47. The van der Waals surface area contributed by atoms with Crippen molar-refractivity contribution < 1.29 is 4.79 Å². The lowest BCUT2D eigenvalue weighted by molar-refractivity contribution is 0.0955. The fraction of sp³-hybridized carbons (Fsp3) is 0.0455. The minimum atomic E-state index is -0.258. The fourth-order valence-corrected chi connectivity index (χ4v) is 2.88. The summed E-state index contributed by atoms with van der Waals surface area (Å²) in [4.78, 5) is 19.5. The minimum Gasteiger partial charge on any atom is -0.345 e. The van der Waals surface area contributed by atoms with Gasteiger partial charge in [0.05, 0.1) is 23.1 Å². The van der Waals surface area contributed by atoms with Crippen molar-refractivity contribution in [1.82, 2.24) is 15.4 Å². The number of fused-ring (bicyclic) bond motifs is 1. The van der Waals surface area contributed by atoms with Crippen LogP contribution in [-0.2, 0) is 0 Å². The van der Waals surface area contributed by atoms with Gasteiger partial charge in [0.2, 0.25) is 0 Å². The lowest BCUT2D eigenvalue weighted by Crippen LogP contribution is -2.19. The van der Waals surface area contributed by atoms with Gasteiger partial charge in [-0.05, 0) is 41.8 Å². The molecule has 0 atom stereocenters. The van der Waals surface area contributed by atoms with E-state index in [0.717, 1.165) is 27.9 Å². The lowest BCUT2D eigenvalue weighted by Gasteiger charge is -2.05. The van der Waals surface area contributed by atoms with Gasteiger partial charge in [-0.15, -0.1) is 0 Å². The molecule has 5 heteroatoms. The SMILES string of the molecule is C/C(=N\NC(=O)c1ccc2nc[nH]c2c1)c1ccc(-c2ccccc2)cc1. The molecule has 5 nitrogen and oxygen atoms in total. The predicted molar refractivity (Wildman–Crippen MR) is 108 cm³/mol. The highest BCUT2D eigenvalue weighted by Gasteiger charge is 2.07. The van der Waals surface area contributed by atoms with Crippen molar-refractivity contribution in [2.45, 2.75) is 6.92 Å². The van der Waals surface area contributed by atoms with E-state index in [1.54, 1.807) is 24.5 Å². The average molecular weight is 354 g/mol. The quantitative estimate of drug-likeness (QED) is 0.422. The van der Waals surface area contributed by atoms with Gasteiger partial charge in [-0.1, -0.05) is 54.6 Å². The summed E-state index contributed by atoms with van der Waals surface area (Å²) in [6, 6.07) is 23.6. The monoisotopic (exact) mass is 354 g/mol. The number of H-pyrrole nitrogens is 1. The third-order valence-electron chi connectivity index (χ3n) is 4.42. The van der Waals surface area contributed by atoms with E-state index in [-0.39, 0.29) is 5.91 Å². The molecule has 4 rings (SSSR count). The van der Waals surface area contributed by atoms with Crippen molar-refractivity contribution in [2.75, 3.05) is 0 Å². The number of aromatic nitrogens is 2. The van der Waals surface area contributed by atoms with Crippen LogP contribution >= 0.6 is 0 Å². The summed E-state index contributed by atoms with van der Waals surface area (Å²) in [5, 5.41) is 4.23. The van der Waals surface area contributed by atoms with Crippen LogP contribution in [0, 0.1) is 0 Å². The van der Waals surface area contributed by atoms with Crippen molar-refractivity contribution in [3.63, 3.8) is 0 Å². The molecule has 2 N–H and O–H groups in total. The molecule has 0 radical (unpaired) electrons. The van der Waals surface area contributed by atoms with Gasteiger partial charge in [0.25, 0.3) is 5.91 Å². The molecule has 0 aliphatic heterocycles. The van der Waals surface area contributed by atoms with E-state index in [4.69, 9.17) is 0 Å². The third-order valence-corrected chi connectivity index (χ3v) is 4.42. The fourth-order valence-electron chi connectivity index (χ4n) is 2.88. The Morgan fingerprint density at radius 1 is 0.926 bits per heavy atom. The van der Waals surface area contributed by atoms with Crippen LogP contribution in [-0.4, -0.2) is 21.6 Å². The third kappa shape index (κ3) is 3.62. The van der Waals surface area contributed by atoms with Crippen molar-refractivity contribution in [3.8, 4) is 11.1 Å². The van der Waals surface area contributed by atoms with Crippen molar-refractivity contribution in [2.24, 2.45) is 5.10 Å². The summed E-state index contributed by atoms with van der Waals surface area (Å²) in [6.45, 7) is 1.87. The van der Waals surface area contributed by atoms with Crippen LogP contribution in [0.25, 0.3) is 22.2 Å². The zero-order chi connectivity index (χ0) is 18.6. The number of rotatable bonds is 4. The van der Waals surface area contributed by atoms with Gasteiger partial charge in [0.15, 0.2) is 0 Å². The molecule has 1 aromatic heterocycles. The van der Waals surface area contributed by atoms with E-state index >= 15 is 0 Å². The van der Waals surface area contributed by atoms with E-state index in [1.807, 2.05) is 37.3 Å². The molecule has 0 unspecified atom stereocenters. The van der Waals surface area contributed by atoms with Gasteiger partial charge in [-0.2, -0.15) is 5.10 Å². The smallest absolute Gasteiger partial charge is 0.271 e. The van der Waals surface area contributed by atoms with Crippen molar-refractivity contribution in [3.05, 3.63) is 90.3 Å². The van der Waals surface area contributed by atoms with Crippen LogP contribution in [0.2, 0.25) is 0 Å². The molecular weight excluding hydrogens is 336 g/mol. The van der Waals surface area contributed by atoms with Gasteiger partial charge >= 0.3 is 0 Å². The van der Waals surface area contributed by atoms with Crippen LogP contribution in [0.1, 0.15) is 22.8 Å². The molecule has 1 heterocycles. The Hall–Kier alpha value is -3.73. The second-order valence-corrected chi connectivity index (χ2v) is 6.22. The zero-order valence-electron chi connectivity index (χ0n) is 14.8. The number of hydrogen-bond acceptors (Lipinski definition) is 3. The average Bonchev–Trinajstić information content (AvgIpc) is 3.20. The van der Waals surface area contributed by atoms with Crippen LogP contribution in [0.3, 0.4) is 0 Å². The minimum absolute atomic E-state index is 0.258. The summed E-state index contributed by atoms with van der Waals surface area (Å²) in [5.74, 6) is -0.258. The lowest BCUT2D eigenvalue weighted by atomic mass is 10.0. The first-order valence-corrected chi connectivity index (χ1v) is 8.64. The molecule has 0 fully saturated rings. The van der Waals surface area contributed by atoms with Crippen LogP contribution in [0.15, 0.2) is 84.2 Å². The molecule has 0 aliphatic carbocycles. The highest BCUT2D eigenvalue weighted by molar-refractivity contribution is 6.01. The Kier molecular flexibility index (Phi) is 4.49. The van der Waals surface area contributed by atoms with Gasteiger partial charge in [0.1, 0.15) is 0 Å². The predicted octanol–water partition coefficient (Wildman–Crippen LogP) is 4.38. The summed E-state index contributed by atoms with van der Waals surface area (Å²) in [6.07, 6.45) is 1.60. The Morgan fingerprint density at radius 3 is 2.41 bits per heavy atom. The number of hydrazone groups is 1. The maximum absolute atomic E-state index is 12.3. The van der Waals surface area contributed by atoms with Crippen molar-refractivity contribution in [1.29, 1.82) is 0 Å². The molecule has 3 aromatic carbocycles. The number of imidazole rings is 1. The van der Waals surface area contributed by atoms with Crippen LogP contribution in [0.4, 0.5) is 0 Å². The molecule has 0 bridgehead atoms. The van der Waals surface area contributed by atoms with Crippen molar-refractivity contribution >= 4 is 22.7 Å². The van der Waals surface area contributed by atoms with Gasteiger partial charge in [0, 0.05) is 5.56 Å². The van der Waals surface area contributed by atoms with Crippen LogP contribution < -0.4 is 5.43 Å². The standard InChI is InChI=1S/C22H18N4O/c1-15(16-7-9-18(10-8-16)17-5-3-2-4-6-17)25-26-22(27)19-11-12-20-21(13-19)24-14-23-20/h2-14H,1H3,(H,23,24)(H,26,27)/b25-15+. The molecule has 27 heavy (non-hydrogen) atoms. The Morgan fingerprint density at radius 2 is 1.63 bits per heavy atom. The van der Waals surface area contributed by atoms with E-state index in [1.165, 1.54) is 5.56 Å². The number of amides is 1. The van der Waals surface area contributed by atoms with E-state index < -0.39 is 0 Å². The molecule has 4 aromatic rings. The molecule has 132 valence electrons. The number of aromatic amines is 1. The van der Waals surface area contributed by atoms with E-state index in [2.05, 4.69) is 44.8 Å². The highest BCUT2D eigenvalue weighted by Crippen LogP contribution is 2.19. The van der Waals surface area contributed by atoms with E-state index in [0.29, 0.717) is 5.56 Å². The highest BCUT2D eigenvalue weighted by atomic mass is 16.2. The first-order chi connectivity index (χ1) is 13.2. The Labute approximate surface area is 156 Å². The molecule has 0 saturated carbocycles. The topological polar surface area (TPSA) is 70.1 Å². The van der Waals surface area contributed by atoms with Crippen LogP contribution in [0.5, 0.6) is 0 Å². The largest absolute Gasteiger partial charge is 0.345 e. The Bertz CT molecular complexity index is 1110. The summed E-state index contributed by atoms with van der Waals surface area (Å²) < 4.78 is 0. The summed E-state index contributed by atoms with van der Waals surface area (Å²) in [7, 11) is 0. The number of hydrogen-bond donors (Lipinski definition) is 2. The van der Waals surface area contributed by atoms with Gasteiger partial charge < -0.3 is 4.98 Å². The maximum atomic E-state index is 12.3. The number of nitrogens with one attached hydrogen (secondary N) is 2. The second-order valence-electron chi connectivity index (χ2n) is 6.22. The number of carbonyl (C=O) groups excluding carboxylic acids is 1. The summed E-state index contributed by atoms with van der Waals surface area (Å²) >= 11 is 0. The first kappa shape index (κ1) is 16.7. The number of nitrogens with zero attached hydrogens (tertiary/aromatic N) is 2.